The van der Waals surface area contributed by atoms with Gasteiger partial charge >= 0.3 is 0 Å². The van der Waals surface area contributed by atoms with E-state index in [0.29, 0.717) is 5.56 Å². The van der Waals surface area contributed by atoms with Crippen molar-refractivity contribution in [1.82, 2.24) is 10.6 Å². The molecule has 0 aromatic heterocycles. The summed E-state index contributed by atoms with van der Waals surface area (Å²) in [7, 11) is 0. The summed E-state index contributed by atoms with van der Waals surface area (Å²) in [5, 5.41) is 5.22. The van der Waals surface area contributed by atoms with Gasteiger partial charge in [-0.15, -0.1) is 0 Å². The fourth-order valence-electron chi connectivity index (χ4n) is 1.30. The number of hydrogen-bond donors (Lipinski definition) is 2. The van der Waals surface area contributed by atoms with Crippen molar-refractivity contribution in [1.29, 1.82) is 0 Å². The maximum atomic E-state index is 11.7. The zero-order chi connectivity index (χ0) is 11.5. The summed E-state index contributed by atoms with van der Waals surface area (Å²) in [6.45, 7) is 0. The van der Waals surface area contributed by atoms with Crippen molar-refractivity contribution in [3.63, 3.8) is 0 Å². The van der Waals surface area contributed by atoms with Crippen molar-refractivity contribution in [3.05, 3.63) is 47.7 Å². The number of benzene rings is 1. The van der Waals surface area contributed by atoms with E-state index in [0.717, 1.165) is 0 Å². The number of rotatable bonds is 2. The first-order chi connectivity index (χ1) is 7.66. The second-order valence-electron chi connectivity index (χ2n) is 3.20. The van der Waals surface area contributed by atoms with E-state index in [9.17, 15) is 9.59 Å². The van der Waals surface area contributed by atoms with Crippen LogP contribution < -0.4 is 10.6 Å². The molecule has 0 radical (unpaired) electrons. The Labute approximate surface area is 97.3 Å². The monoisotopic (exact) mass is 232 g/mol. The molecule has 0 aliphatic carbocycles. The first-order valence-electron chi connectivity index (χ1n) is 4.60. The van der Waals surface area contributed by atoms with Crippen molar-refractivity contribution in [3.8, 4) is 0 Å². The van der Waals surface area contributed by atoms with Crippen LogP contribution in [0.4, 0.5) is 0 Å². The van der Waals surface area contributed by atoms with Gasteiger partial charge in [-0.2, -0.15) is 0 Å². The van der Waals surface area contributed by atoms with Gasteiger partial charge in [0.25, 0.3) is 5.91 Å². The van der Waals surface area contributed by atoms with Crippen LogP contribution in [0.3, 0.4) is 0 Å². The van der Waals surface area contributed by atoms with E-state index in [2.05, 4.69) is 10.6 Å². The van der Waals surface area contributed by atoms with Crippen LogP contribution in [0.1, 0.15) is 10.4 Å². The highest BCUT2D eigenvalue weighted by atomic mass is 32.1. The standard InChI is InChI=1S/C11H8N2O2S/c14-9(7-4-2-1-3-5-7)6-8-10(15)13-11(16)12-8/h1-6H,(H2,12,13,15,16). The maximum absolute atomic E-state index is 11.7. The second-order valence-corrected chi connectivity index (χ2v) is 3.60. The van der Waals surface area contributed by atoms with E-state index in [1.54, 1.807) is 24.3 Å². The molecule has 0 saturated carbocycles. The Morgan fingerprint density at radius 3 is 2.44 bits per heavy atom. The topological polar surface area (TPSA) is 58.2 Å². The molecule has 2 N–H and O–H groups in total. The minimum absolute atomic E-state index is 0.179. The molecule has 0 bridgehead atoms. The zero-order valence-electron chi connectivity index (χ0n) is 8.19. The van der Waals surface area contributed by atoms with Gasteiger partial charge in [0, 0.05) is 11.6 Å². The number of nitrogens with one attached hydrogen (secondary N) is 2. The molecule has 2 rings (SSSR count). The first-order valence-corrected chi connectivity index (χ1v) is 5.01. The number of ketones is 1. The largest absolute Gasteiger partial charge is 0.328 e. The number of carbonyl (C=O) groups excluding carboxylic acids is 2. The molecule has 0 unspecified atom stereocenters. The van der Waals surface area contributed by atoms with Gasteiger partial charge in [0.15, 0.2) is 10.9 Å². The summed E-state index contributed by atoms with van der Waals surface area (Å²) in [6, 6.07) is 8.71. The Morgan fingerprint density at radius 1 is 1.19 bits per heavy atom. The van der Waals surface area contributed by atoms with Crippen LogP contribution in [0.15, 0.2) is 42.1 Å². The predicted octanol–water partition coefficient (Wildman–Crippen LogP) is 0.758. The van der Waals surface area contributed by atoms with Crippen molar-refractivity contribution in [2.24, 2.45) is 0 Å². The Balaban J connectivity index is 2.22. The second kappa shape index (κ2) is 4.24. The normalized spacial score (nSPS) is 17.1. The van der Waals surface area contributed by atoms with Crippen LogP contribution in [0.5, 0.6) is 0 Å². The van der Waals surface area contributed by atoms with Crippen LogP contribution in [-0.4, -0.2) is 16.8 Å². The van der Waals surface area contributed by atoms with Crippen LogP contribution in [-0.2, 0) is 4.79 Å². The third-order valence-electron chi connectivity index (χ3n) is 2.05. The van der Waals surface area contributed by atoms with Gasteiger partial charge in [0.2, 0.25) is 0 Å². The van der Waals surface area contributed by atoms with E-state index in [1.165, 1.54) is 6.08 Å². The number of carbonyl (C=O) groups is 2. The molecule has 1 aromatic carbocycles. The Kier molecular flexibility index (Phi) is 2.78. The molecule has 5 heteroatoms. The number of thiocarbonyl (C=S) groups is 1. The van der Waals surface area contributed by atoms with Crippen molar-refractivity contribution >= 4 is 29.0 Å². The van der Waals surface area contributed by atoms with E-state index in [-0.39, 0.29) is 22.5 Å². The Morgan fingerprint density at radius 2 is 1.88 bits per heavy atom. The summed E-state index contributed by atoms with van der Waals surface area (Å²) < 4.78 is 0. The minimum Gasteiger partial charge on any atom is -0.328 e. The minimum atomic E-state index is -0.380. The van der Waals surface area contributed by atoms with Gasteiger partial charge in [-0.1, -0.05) is 30.3 Å². The predicted molar refractivity (Wildman–Crippen MR) is 62.7 cm³/mol. The quantitative estimate of drug-likeness (QED) is 0.449. The third-order valence-corrected chi connectivity index (χ3v) is 2.26. The zero-order valence-corrected chi connectivity index (χ0v) is 9.01. The fraction of sp³-hybridized carbons (Fsp3) is 0. The summed E-state index contributed by atoms with van der Waals surface area (Å²) >= 11 is 4.75. The van der Waals surface area contributed by atoms with E-state index in [1.807, 2.05) is 6.07 Å². The van der Waals surface area contributed by atoms with Crippen LogP contribution in [0, 0.1) is 0 Å². The number of allylic oxidation sites excluding steroid dienone is 1. The highest BCUT2D eigenvalue weighted by Crippen LogP contribution is 2.04. The smallest absolute Gasteiger partial charge is 0.274 e. The molecule has 0 atom stereocenters. The maximum Gasteiger partial charge on any atom is 0.274 e. The highest BCUT2D eigenvalue weighted by molar-refractivity contribution is 7.80. The molecule has 0 spiro atoms. The van der Waals surface area contributed by atoms with Crippen LogP contribution >= 0.6 is 12.2 Å². The number of hydrogen-bond acceptors (Lipinski definition) is 3. The molecular formula is C11H8N2O2S. The van der Waals surface area contributed by atoms with E-state index >= 15 is 0 Å². The Hall–Kier alpha value is -2.01. The van der Waals surface area contributed by atoms with E-state index < -0.39 is 0 Å². The van der Waals surface area contributed by atoms with Crippen molar-refractivity contribution in [2.75, 3.05) is 0 Å². The molecule has 16 heavy (non-hydrogen) atoms. The number of amides is 1. The van der Waals surface area contributed by atoms with Gasteiger partial charge in [0.05, 0.1) is 0 Å². The van der Waals surface area contributed by atoms with E-state index in [4.69, 9.17) is 12.2 Å². The molecule has 1 aliphatic rings. The van der Waals surface area contributed by atoms with Crippen molar-refractivity contribution in [2.45, 2.75) is 0 Å². The molecule has 1 fully saturated rings. The molecule has 1 saturated heterocycles. The molecule has 1 heterocycles. The van der Waals surface area contributed by atoms with Crippen LogP contribution in [0.25, 0.3) is 0 Å². The highest BCUT2D eigenvalue weighted by Gasteiger charge is 2.21. The summed E-state index contributed by atoms with van der Waals surface area (Å²) in [5.74, 6) is -0.614. The summed E-state index contributed by atoms with van der Waals surface area (Å²) in [5.41, 5.74) is 0.710. The molecule has 1 aromatic rings. The SMILES string of the molecule is O=C1NC(=S)NC1=CC(=O)c1ccccc1. The molecule has 1 aliphatic heterocycles. The van der Waals surface area contributed by atoms with Crippen LogP contribution in [0.2, 0.25) is 0 Å². The van der Waals surface area contributed by atoms with Crippen molar-refractivity contribution < 1.29 is 9.59 Å². The third kappa shape index (κ3) is 2.14. The lowest BCUT2D eigenvalue weighted by atomic mass is 10.1. The Bertz CT molecular complexity index is 494. The molecule has 1 amide bonds. The lowest BCUT2D eigenvalue weighted by molar-refractivity contribution is -0.115. The molecular weight excluding hydrogens is 224 g/mol. The van der Waals surface area contributed by atoms with Gasteiger partial charge in [-0.3, -0.25) is 14.9 Å². The average molecular weight is 232 g/mol. The van der Waals surface area contributed by atoms with Gasteiger partial charge < -0.3 is 5.32 Å². The lowest BCUT2D eigenvalue weighted by Crippen LogP contribution is -2.21. The van der Waals surface area contributed by atoms with Gasteiger partial charge in [0.1, 0.15) is 5.70 Å². The molecule has 80 valence electrons. The first kappa shape index (κ1) is 10.5. The molecule has 4 nitrogen and oxygen atoms in total. The summed E-state index contributed by atoms with van der Waals surface area (Å²) in [4.78, 5) is 23.0. The fourth-order valence-corrected chi connectivity index (χ4v) is 1.50. The van der Waals surface area contributed by atoms with Gasteiger partial charge in [-0.05, 0) is 12.2 Å². The average Bonchev–Trinajstić information content (AvgIpc) is 2.59. The lowest BCUT2D eigenvalue weighted by Gasteiger charge is -1.96. The van der Waals surface area contributed by atoms with Gasteiger partial charge in [-0.25, -0.2) is 0 Å². The summed E-state index contributed by atoms with van der Waals surface area (Å²) in [6.07, 6.45) is 1.24.